The Hall–Kier alpha value is -4.26. The maximum atomic E-state index is 13.6. The Balaban J connectivity index is 1.61. The van der Waals surface area contributed by atoms with Crippen LogP contribution in [0, 0.1) is 6.92 Å². The molecule has 44 heavy (non-hydrogen) atoms. The minimum Gasteiger partial charge on any atom is -0.447 e. The summed E-state index contributed by atoms with van der Waals surface area (Å²) in [6, 6.07) is 19.2. The van der Waals surface area contributed by atoms with E-state index in [-0.39, 0.29) is 11.0 Å². The van der Waals surface area contributed by atoms with Crippen LogP contribution in [0.15, 0.2) is 77.8 Å². The number of ether oxygens (including phenoxy) is 1. The average Bonchev–Trinajstić information content (AvgIpc) is 3.40. The van der Waals surface area contributed by atoms with Crippen LogP contribution < -0.4 is 20.7 Å². The molecule has 10 nitrogen and oxygen atoms in total. The van der Waals surface area contributed by atoms with Crippen LogP contribution in [0.1, 0.15) is 45.7 Å². The molecule has 0 atom stereocenters. The second-order valence-corrected chi connectivity index (χ2v) is 14.2. The van der Waals surface area contributed by atoms with Gasteiger partial charge in [-0.25, -0.2) is 27.7 Å². The molecular weight excluding hydrogens is 599 g/mol. The Morgan fingerprint density at radius 1 is 0.932 bits per heavy atom. The number of aromatic nitrogens is 1. The molecule has 4 aromatic rings. The standard InChI is InChI=1S/C32H37N5O5S2/c1-20(2)42-31(39)36-23-12-14-25(21(3)16-23)29-33-19-27(43-29)26-15-13-24(17-28(26)44(40,41)37-32(4,5)6)35-30(38)34-18-22-10-8-7-9-11-22/h7-17,19-20,37H,18H2,1-6H3,(H,36,39)(H2,34,35,38). The summed E-state index contributed by atoms with van der Waals surface area (Å²) in [7, 11) is -3.99. The molecule has 1 aromatic heterocycles. The molecule has 0 aliphatic carbocycles. The Morgan fingerprint density at radius 3 is 2.23 bits per heavy atom. The summed E-state index contributed by atoms with van der Waals surface area (Å²) in [4.78, 5) is 29.9. The van der Waals surface area contributed by atoms with Crippen molar-refractivity contribution in [1.82, 2.24) is 15.0 Å². The van der Waals surface area contributed by atoms with Gasteiger partial charge in [-0.1, -0.05) is 36.4 Å². The van der Waals surface area contributed by atoms with Gasteiger partial charge in [-0.3, -0.25) is 5.32 Å². The number of urea groups is 1. The van der Waals surface area contributed by atoms with Gasteiger partial charge < -0.3 is 15.4 Å². The first kappa shape index (κ1) is 32.6. The Kier molecular flexibility index (Phi) is 10.1. The van der Waals surface area contributed by atoms with Gasteiger partial charge in [0.05, 0.1) is 15.9 Å². The third kappa shape index (κ3) is 8.88. The summed E-state index contributed by atoms with van der Waals surface area (Å²) in [6.45, 7) is 11.1. The number of benzene rings is 3. The van der Waals surface area contributed by atoms with Gasteiger partial charge in [0.25, 0.3) is 0 Å². The molecular formula is C32H37N5O5S2. The number of rotatable bonds is 9. The normalized spacial score (nSPS) is 11.7. The molecule has 0 aliphatic rings. The summed E-state index contributed by atoms with van der Waals surface area (Å²) in [5.74, 6) is 0. The molecule has 0 radical (unpaired) electrons. The molecule has 0 fully saturated rings. The second-order valence-electron chi connectivity index (χ2n) is 11.5. The molecule has 4 rings (SSSR count). The van der Waals surface area contributed by atoms with Crippen molar-refractivity contribution in [3.05, 3.63) is 84.1 Å². The lowest BCUT2D eigenvalue weighted by molar-refractivity contribution is 0.130. The van der Waals surface area contributed by atoms with Crippen LogP contribution >= 0.6 is 11.3 Å². The number of carbonyl (C=O) groups is 2. The number of hydrogen-bond donors (Lipinski definition) is 4. The third-order valence-corrected chi connectivity index (χ3v) is 8.94. The van der Waals surface area contributed by atoms with E-state index in [2.05, 4.69) is 25.7 Å². The van der Waals surface area contributed by atoms with Gasteiger partial charge >= 0.3 is 12.1 Å². The van der Waals surface area contributed by atoms with Crippen LogP contribution in [-0.4, -0.2) is 37.2 Å². The Morgan fingerprint density at radius 2 is 1.59 bits per heavy atom. The van der Waals surface area contributed by atoms with Gasteiger partial charge in [0, 0.05) is 40.8 Å². The highest BCUT2D eigenvalue weighted by molar-refractivity contribution is 7.89. The molecule has 0 aliphatic heterocycles. The van der Waals surface area contributed by atoms with Crippen molar-refractivity contribution < 1.29 is 22.7 Å². The van der Waals surface area contributed by atoms with Crippen LogP contribution in [0.3, 0.4) is 0 Å². The summed E-state index contributed by atoms with van der Waals surface area (Å²) >= 11 is 1.34. The number of thiazole rings is 1. The first-order chi connectivity index (χ1) is 20.7. The lowest BCUT2D eigenvalue weighted by Gasteiger charge is -2.22. The van der Waals surface area contributed by atoms with E-state index in [1.54, 1.807) is 59.0 Å². The van der Waals surface area contributed by atoms with Crippen LogP contribution in [0.25, 0.3) is 21.0 Å². The minimum atomic E-state index is -3.99. The summed E-state index contributed by atoms with van der Waals surface area (Å²) in [5, 5.41) is 8.93. The summed E-state index contributed by atoms with van der Waals surface area (Å²) in [6.07, 6.45) is 0.863. The van der Waals surface area contributed by atoms with E-state index >= 15 is 0 Å². The summed E-state index contributed by atoms with van der Waals surface area (Å²) in [5.41, 5.74) is 3.28. The average molecular weight is 636 g/mol. The predicted molar refractivity (Wildman–Crippen MR) is 175 cm³/mol. The third-order valence-electron chi connectivity index (χ3n) is 6.08. The molecule has 1 heterocycles. The van der Waals surface area contributed by atoms with E-state index in [9.17, 15) is 18.0 Å². The number of nitrogens with one attached hydrogen (secondary N) is 4. The maximum absolute atomic E-state index is 13.6. The van der Waals surface area contributed by atoms with Gasteiger partial charge in [-0.2, -0.15) is 0 Å². The fourth-order valence-corrected chi connectivity index (χ4v) is 7.08. The van der Waals surface area contributed by atoms with E-state index in [0.29, 0.717) is 33.4 Å². The van der Waals surface area contributed by atoms with Crippen molar-refractivity contribution >= 4 is 44.9 Å². The van der Waals surface area contributed by atoms with Gasteiger partial charge in [-0.15, -0.1) is 11.3 Å². The van der Waals surface area contributed by atoms with E-state index in [0.717, 1.165) is 16.7 Å². The molecule has 0 saturated heterocycles. The van der Waals surface area contributed by atoms with E-state index in [4.69, 9.17) is 4.74 Å². The zero-order valence-electron chi connectivity index (χ0n) is 25.5. The molecule has 0 saturated carbocycles. The number of sulfonamides is 1. The molecule has 232 valence electrons. The SMILES string of the molecule is Cc1cc(NC(=O)OC(C)C)ccc1-c1ncc(-c2ccc(NC(=O)NCc3ccccc3)cc2S(=O)(=O)NC(C)(C)C)s1. The van der Waals surface area contributed by atoms with E-state index < -0.39 is 27.7 Å². The number of anilines is 2. The highest BCUT2D eigenvalue weighted by Gasteiger charge is 2.27. The van der Waals surface area contributed by atoms with Gasteiger partial charge in [-0.05, 0) is 83.0 Å². The van der Waals surface area contributed by atoms with Crippen LogP contribution in [0.4, 0.5) is 21.0 Å². The monoisotopic (exact) mass is 635 g/mol. The number of amides is 3. The molecule has 3 aromatic carbocycles. The van der Waals surface area contributed by atoms with Crippen LogP contribution in [0.2, 0.25) is 0 Å². The zero-order valence-corrected chi connectivity index (χ0v) is 27.2. The predicted octanol–water partition coefficient (Wildman–Crippen LogP) is 7.14. The highest BCUT2D eigenvalue weighted by atomic mass is 32.2. The lowest BCUT2D eigenvalue weighted by atomic mass is 10.1. The number of hydrogen-bond acceptors (Lipinski definition) is 7. The Labute approximate surface area is 262 Å². The molecule has 4 N–H and O–H groups in total. The maximum Gasteiger partial charge on any atom is 0.411 e. The highest BCUT2D eigenvalue weighted by Crippen LogP contribution is 2.38. The first-order valence-corrected chi connectivity index (χ1v) is 16.3. The Bertz CT molecular complexity index is 1750. The summed E-state index contributed by atoms with van der Waals surface area (Å²) < 4.78 is 35.1. The second kappa shape index (κ2) is 13.6. The van der Waals surface area contributed by atoms with E-state index in [1.165, 1.54) is 17.4 Å². The lowest BCUT2D eigenvalue weighted by Crippen LogP contribution is -2.40. The van der Waals surface area contributed by atoms with Crippen molar-refractivity contribution in [2.75, 3.05) is 10.6 Å². The van der Waals surface area contributed by atoms with Crippen LogP contribution in [0.5, 0.6) is 0 Å². The van der Waals surface area contributed by atoms with E-state index in [1.807, 2.05) is 49.4 Å². The fraction of sp³-hybridized carbons (Fsp3) is 0.281. The molecule has 0 unspecified atom stereocenters. The first-order valence-electron chi connectivity index (χ1n) is 14.0. The van der Waals surface area contributed by atoms with Crippen molar-refractivity contribution in [3.63, 3.8) is 0 Å². The number of carbonyl (C=O) groups excluding carboxylic acids is 2. The smallest absolute Gasteiger partial charge is 0.411 e. The fourth-order valence-electron chi connectivity index (χ4n) is 4.30. The van der Waals surface area contributed by atoms with Crippen molar-refractivity contribution in [1.29, 1.82) is 0 Å². The van der Waals surface area contributed by atoms with Crippen molar-refractivity contribution in [2.24, 2.45) is 0 Å². The minimum absolute atomic E-state index is 0.0171. The quantitative estimate of drug-likeness (QED) is 0.154. The van der Waals surface area contributed by atoms with Gasteiger partial charge in [0.2, 0.25) is 10.0 Å². The number of nitrogens with zero attached hydrogens (tertiary/aromatic N) is 1. The van der Waals surface area contributed by atoms with Crippen LogP contribution in [-0.2, 0) is 21.3 Å². The van der Waals surface area contributed by atoms with Gasteiger partial charge in [0.1, 0.15) is 5.01 Å². The number of aryl methyl sites for hydroxylation is 1. The molecule has 0 spiro atoms. The largest absolute Gasteiger partial charge is 0.447 e. The van der Waals surface area contributed by atoms with Crippen molar-refractivity contribution in [2.45, 2.75) is 64.6 Å². The molecule has 12 heteroatoms. The molecule has 3 amide bonds. The topological polar surface area (TPSA) is 139 Å². The molecule has 0 bridgehead atoms. The van der Waals surface area contributed by atoms with Gasteiger partial charge in [0.15, 0.2) is 0 Å². The zero-order chi connectivity index (χ0) is 32.1. The van der Waals surface area contributed by atoms with Crippen molar-refractivity contribution in [3.8, 4) is 21.0 Å².